The molecule has 0 unspecified atom stereocenters. The topological polar surface area (TPSA) is 109 Å². The van der Waals surface area contributed by atoms with Crippen LogP contribution in [-0.4, -0.2) is 21.0 Å². The Bertz CT molecular complexity index is 422. The number of rotatable bonds is 2. The monoisotopic (exact) mass is 197 g/mol. The van der Waals surface area contributed by atoms with Gasteiger partial charge in [-0.2, -0.15) is 0 Å². The van der Waals surface area contributed by atoms with Crippen LogP contribution in [0.3, 0.4) is 0 Å². The number of hydrogen-bond donors (Lipinski definition) is 3. The Hall–Kier alpha value is -1.85. The third kappa shape index (κ3) is 1.73. The van der Waals surface area contributed by atoms with Gasteiger partial charge in [0.2, 0.25) is 5.95 Å². The molecule has 76 valence electrons. The van der Waals surface area contributed by atoms with E-state index in [0.717, 1.165) is 6.07 Å². The van der Waals surface area contributed by atoms with Crippen molar-refractivity contribution < 1.29 is 9.90 Å². The Morgan fingerprint density at radius 2 is 2.21 bits per heavy atom. The van der Waals surface area contributed by atoms with Gasteiger partial charge in [-0.1, -0.05) is 0 Å². The van der Waals surface area contributed by atoms with E-state index in [-0.39, 0.29) is 11.6 Å². The van der Waals surface area contributed by atoms with Crippen LogP contribution in [-0.2, 0) is 10.2 Å². The first-order valence-corrected chi connectivity index (χ1v) is 3.95. The highest BCUT2D eigenvalue weighted by atomic mass is 16.4. The van der Waals surface area contributed by atoms with Gasteiger partial charge in [-0.25, -0.2) is 4.98 Å². The van der Waals surface area contributed by atoms with Crippen LogP contribution >= 0.6 is 0 Å². The summed E-state index contributed by atoms with van der Waals surface area (Å²) in [6, 6.07) is 1.13. The predicted octanol–water partition coefficient (Wildman–Crippen LogP) is -0.286. The van der Waals surface area contributed by atoms with Gasteiger partial charge in [0, 0.05) is 6.07 Å². The zero-order valence-electron chi connectivity index (χ0n) is 7.87. The molecule has 6 heteroatoms. The van der Waals surface area contributed by atoms with Crippen molar-refractivity contribution >= 4 is 11.9 Å². The van der Waals surface area contributed by atoms with Crippen LogP contribution in [0, 0.1) is 0 Å². The number of nitrogen functional groups attached to an aromatic ring is 1. The second kappa shape index (κ2) is 3.13. The van der Waals surface area contributed by atoms with Crippen LogP contribution in [0.2, 0.25) is 0 Å². The lowest BCUT2D eigenvalue weighted by atomic mass is 9.89. The molecule has 0 aliphatic carbocycles. The predicted molar refractivity (Wildman–Crippen MR) is 49.9 cm³/mol. The average molecular weight is 197 g/mol. The fraction of sp³-hybridized carbons (Fsp3) is 0.375. The van der Waals surface area contributed by atoms with E-state index >= 15 is 0 Å². The lowest BCUT2D eigenvalue weighted by molar-refractivity contribution is -0.142. The van der Waals surface area contributed by atoms with E-state index in [1.807, 2.05) is 0 Å². The molecule has 0 aromatic carbocycles. The summed E-state index contributed by atoms with van der Waals surface area (Å²) in [5.74, 6) is -1.14. The van der Waals surface area contributed by atoms with Gasteiger partial charge in [0.25, 0.3) is 5.56 Å². The third-order valence-electron chi connectivity index (χ3n) is 1.94. The van der Waals surface area contributed by atoms with E-state index < -0.39 is 16.9 Å². The number of aliphatic carboxylic acids is 1. The summed E-state index contributed by atoms with van der Waals surface area (Å²) in [6.45, 7) is 2.91. The highest BCUT2D eigenvalue weighted by molar-refractivity contribution is 5.79. The molecule has 0 bridgehead atoms. The normalized spacial score (nSPS) is 11.3. The minimum atomic E-state index is -1.22. The van der Waals surface area contributed by atoms with Crippen molar-refractivity contribution in [2.24, 2.45) is 0 Å². The second-order valence-electron chi connectivity index (χ2n) is 3.45. The minimum absolute atomic E-state index is 0.0816. The van der Waals surface area contributed by atoms with Crippen molar-refractivity contribution in [2.45, 2.75) is 19.3 Å². The molecule has 0 aliphatic rings. The smallest absolute Gasteiger partial charge is 0.315 e. The number of anilines is 1. The summed E-state index contributed by atoms with van der Waals surface area (Å²) < 4.78 is 0. The molecule has 0 amide bonds. The maximum atomic E-state index is 11.0. The fourth-order valence-electron chi connectivity index (χ4n) is 0.906. The standard InChI is InChI=1S/C8H11N3O3/c1-8(2,6(13)14)4-3-5(12)11-7(9)10-4/h3H,1-2H3,(H,13,14)(H3,9,10,11,12). The molecule has 1 aromatic rings. The number of aromatic nitrogens is 2. The molecule has 0 saturated heterocycles. The minimum Gasteiger partial charge on any atom is -0.481 e. The maximum absolute atomic E-state index is 11.0. The van der Waals surface area contributed by atoms with Crippen LogP contribution in [0.1, 0.15) is 19.5 Å². The number of H-pyrrole nitrogens is 1. The molecule has 0 atom stereocenters. The van der Waals surface area contributed by atoms with Crippen LogP contribution in [0.5, 0.6) is 0 Å². The summed E-state index contributed by atoms with van der Waals surface area (Å²) >= 11 is 0. The highest BCUT2D eigenvalue weighted by Crippen LogP contribution is 2.20. The molecule has 6 nitrogen and oxygen atoms in total. The number of hydrogen-bond acceptors (Lipinski definition) is 4. The van der Waals surface area contributed by atoms with Crippen molar-refractivity contribution in [2.75, 3.05) is 5.73 Å². The summed E-state index contributed by atoms with van der Waals surface area (Å²) in [7, 11) is 0. The number of carbonyl (C=O) groups is 1. The van der Waals surface area contributed by atoms with E-state index in [0.29, 0.717) is 0 Å². The highest BCUT2D eigenvalue weighted by Gasteiger charge is 2.31. The molecule has 0 aliphatic heterocycles. The van der Waals surface area contributed by atoms with Crippen LogP contribution in [0.25, 0.3) is 0 Å². The molecule has 0 fully saturated rings. The number of aromatic amines is 1. The SMILES string of the molecule is CC(C)(C(=O)O)c1cc(=O)[nH]c(N)n1. The van der Waals surface area contributed by atoms with Gasteiger partial charge in [-0.05, 0) is 13.8 Å². The lowest BCUT2D eigenvalue weighted by Gasteiger charge is -2.17. The number of carboxylic acids is 1. The van der Waals surface area contributed by atoms with Crippen molar-refractivity contribution in [1.82, 2.24) is 9.97 Å². The lowest BCUT2D eigenvalue weighted by Crippen LogP contribution is -2.31. The van der Waals surface area contributed by atoms with E-state index in [9.17, 15) is 9.59 Å². The Labute approximate surface area is 79.8 Å². The van der Waals surface area contributed by atoms with Crippen LogP contribution in [0.15, 0.2) is 10.9 Å². The first kappa shape index (κ1) is 10.2. The van der Waals surface area contributed by atoms with E-state index in [1.54, 1.807) is 0 Å². The van der Waals surface area contributed by atoms with E-state index in [2.05, 4.69) is 9.97 Å². The Kier molecular flexibility index (Phi) is 2.29. The largest absolute Gasteiger partial charge is 0.481 e. The van der Waals surface area contributed by atoms with Gasteiger partial charge in [0.15, 0.2) is 0 Å². The molecule has 4 N–H and O–H groups in total. The van der Waals surface area contributed by atoms with E-state index in [4.69, 9.17) is 10.8 Å². The Morgan fingerprint density at radius 3 is 2.64 bits per heavy atom. The summed E-state index contributed by atoms with van der Waals surface area (Å²) in [5, 5.41) is 8.88. The van der Waals surface area contributed by atoms with Gasteiger partial charge in [-0.3, -0.25) is 14.6 Å². The van der Waals surface area contributed by atoms with Gasteiger partial charge in [0.05, 0.1) is 5.69 Å². The number of nitrogens with two attached hydrogens (primary N) is 1. The van der Waals surface area contributed by atoms with Crippen molar-refractivity contribution in [3.63, 3.8) is 0 Å². The molecular weight excluding hydrogens is 186 g/mol. The maximum Gasteiger partial charge on any atom is 0.315 e. The molecule has 0 spiro atoms. The fourth-order valence-corrected chi connectivity index (χ4v) is 0.906. The van der Waals surface area contributed by atoms with Gasteiger partial charge in [0.1, 0.15) is 5.41 Å². The zero-order chi connectivity index (χ0) is 10.9. The Morgan fingerprint density at radius 1 is 1.64 bits per heavy atom. The van der Waals surface area contributed by atoms with Gasteiger partial charge in [-0.15, -0.1) is 0 Å². The van der Waals surface area contributed by atoms with E-state index in [1.165, 1.54) is 13.8 Å². The quantitative estimate of drug-likeness (QED) is 0.603. The average Bonchev–Trinajstić information content (AvgIpc) is 2.01. The zero-order valence-corrected chi connectivity index (χ0v) is 7.87. The summed E-state index contributed by atoms with van der Waals surface area (Å²) in [6.07, 6.45) is 0. The number of carboxylic acid groups (broad SMARTS) is 1. The van der Waals surface area contributed by atoms with Crippen molar-refractivity contribution in [3.05, 3.63) is 22.1 Å². The van der Waals surface area contributed by atoms with Crippen molar-refractivity contribution in [3.8, 4) is 0 Å². The summed E-state index contributed by atoms with van der Waals surface area (Å²) in [4.78, 5) is 27.9. The molecular formula is C8H11N3O3. The first-order chi connectivity index (χ1) is 6.34. The van der Waals surface area contributed by atoms with Gasteiger partial charge < -0.3 is 10.8 Å². The number of nitrogens with one attached hydrogen (secondary N) is 1. The van der Waals surface area contributed by atoms with Crippen LogP contribution < -0.4 is 11.3 Å². The molecule has 1 rings (SSSR count). The molecule has 1 aromatic heterocycles. The molecule has 14 heavy (non-hydrogen) atoms. The third-order valence-corrected chi connectivity index (χ3v) is 1.94. The van der Waals surface area contributed by atoms with Crippen LogP contribution in [0.4, 0.5) is 5.95 Å². The molecule has 0 radical (unpaired) electrons. The number of nitrogens with zero attached hydrogens (tertiary/aromatic N) is 1. The van der Waals surface area contributed by atoms with Crippen molar-refractivity contribution in [1.29, 1.82) is 0 Å². The summed E-state index contributed by atoms with van der Waals surface area (Å²) in [5.41, 5.74) is 3.76. The first-order valence-electron chi connectivity index (χ1n) is 3.95. The molecule has 0 saturated carbocycles. The Balaban J connectivity index is 3.32. The van der Waals surface area contributed by atoms with Gasteiger partial charge >= 0.3 is 5.97 Å². The molecule has 1 heterocycles. The second-order valence-corrected chi connectivity index (χ2v) is 3.45.